The van der Waals surface area contributed by atoms with Gasteiger partial charge in [0.25, 0.3) is 0 Å². The van der Waals surface area contributed by atoms with Gasteiger partial charge in [0.2, 0.25) is 0 Å². The Morgan fingerprint density at radius 2 is 1.52 bits per heavy atom. The van der Waals surface area contributed by atoms with Crippen LogP contribution in [0.1, 0.15) is 34.6 Å². The van der Waals surface area contributed by atoms with Crippen molar-refractivity contribution in [2.24, 2.45) is 5.92 Å². The first-order valence-corrected chi connectivity index (χ1v) is 7.05. The normalized spacial score (nSPS) is 19.5. The molecule has 0 aromatic heterocycles. The van der Waals surface area contributed by atoms with E-state index in [1.165, 1.54) is 5.56 Å². The zero-order valence-electron chi connectivity index (χ0n) is 11.8. The van der Waals surface area contributed by atoms with Gasteiger partial charge in [-0.05, 0) is 49.1 Å². The van der Waals surface area contributed by atoms with Crippen LogP contribution in [0.3, 0.4) is 0 Å². The van der Waals surface area contributed by atoms with Gasteiger partial charge < -0.3 is 5.11 Å². The largest absolute Gasteiger partial charge is 0.481 e. The molecule has 0 radical (unpaired) electrons. The lowest BCUT2D eigenvalue weighted by Gasteiger charge is -1.98. The quantitative estimate of drug-likeness (QED) is 0.851. The zero-order chi connectivity index (χ0) is 14.8. The number of carbonyl (C=O) groups is 1. The second-order valence-electron chi connectivity index (χ2n) is 5.52. The molecule has 0 aliphatic heterocycles. The molecule has 1 aliphatic carbocycles. The number of aliphatic carboxylic acids is 1. The maximum Gasteiger partial charge on any atom is 0.307 e. The first kappa shape index (κ1) is 13.5. The van der Waals surface area contributed by atoms with E-state index in [2.05, 4.69) is 18.8 Å². The number of carboxylic acid groups (broad SMARTS) is 1. The van der Waals surface area contributed by atoms with Crippen LogP contribution in [-0.2, 0) is 4.79 Å². The molecule has 2 heteroatoms. The van der Waals surface area contributed by atoms with Crippen LogP contribution in [0.2, 0.25) is 0 Å². The monoisotopic (exact) mass is 276 g/mol. The second kappa shape index (κ2) is 5.46. The Kier molecular flexibility index (Phi) is 3.50. The molecule has 1 saturated carbocycles. The molecule has 1 N–H and O–H groups in total. The van der Waals surface area contributed by atoms with Crippen molar-refractivity contribution in [2.45, 2.75) is 19.3 Å². The van der Waals surface area contributed by atoms with E-state index in [9.17, 15) is 4.79 Å². The van der Waals surface area contributed by atoms with Crippen LogP contribution < -0.4 is 0 Å². The lowest BCUT2D eigenvalue weighted by Crippen LogP contribution is -1.98. The van der Waals surface area contributed by atoms with Crippen LogP contribution in [0.5, 0.6) is 0 Å². The standard InChI is InChI=1S/C19H16O2/c1-13-2-4-14(5-3-13)6-7-15-8-10-16(11-9-15)17-12-18(17)19(20)21/h2-5,8-11,17-18H,12H2,1H3,(H,20,21)/t17-,18+/m1/s1. The van der Waals surface area contributed by atoms with E-state index in [1.807, 2.05) is 48.5 Å². The van der Waals surface area contributed by atoms with Crippen molar-refractivity contribution in [2.75, 3.05) is 0 Å². The third-order valence-corrected chi connectivity index (χ3v) is 3.85. The maximum atomic E-state index is 10.9. The first-order chi connectivity index (χ1) is 10.1. The molecule has 1 aliphatic rings. The van der Waals surface area contributed by atoms with Gasteiger partial charge in [-0.25, -0.2) is 0 Å². The molecule has 2 atom stereocenters. The van der Waals surface area contributed by atoms with Crippen molar-refractivity contribution in [1.82, 2.24) is 0 Å². The Hall–Kier alpha value is -2.53. The summed E-state index contributed by atoms with van der Waals surface area (Å²) in [6.45, 7) is 2.05. The molecule has 21 heavy (non-hydrogen) atoms. The van der Waals surface area contributed by atoms with E-state index in [1.54, 1.807) is 0 Å². The Labute approximate surface area is 124 Å². The van der Waals surface area contributed by atoms with Crippen LogP contribution in [0, 0.1) is 24.7 Å². The summed E-state index contributed by atoms with van der Waals surface area (Å²) < 4.78 is 0. The number of carboxylic acids is 1. The number of hydrogen-bond donors (Lipinski definition) is 1. The summed E-state index contributed by atoms with van der Waals surface area (Å²) in [6, 6.07) is 16.0. The van der Waals surface area contributed by atoms with Crippen molar-refractivity contribution in [3.8, 4) is 11.8 Å². The summed E-state index contributed by atoms with van der Waals surface area (Å²) in [7, 11) is 0. The van der Waals surface area contributed by atoms with Gasteiger partial charge in [0.05, 0.1) is 5.92 Å². The molecule has 0 saturated heterocycles. The Morgan fingerprint density at radius 1 is 1.00 bits per heavy atom. The van der Waals surface area contributed by atoms with E-state index in [0.29, 0.717) is 0 Å². The topological polar surface area (TPSA) is 37.3 Å². The molecule has 104 valence electrons. The van der Waals surface area contributed by atoms with Crippen molar-refractivity contribution >= 4 is 5.97 Å². The molecule has 0 spiro atoms. The fourth-order valence-electron chi connectivity index (χ4n) is 2.43. The highest BCUT2D eigenvalue weighted by molar-refractivity contribution is 5.75. The molecule has 2 nitrogen and oxygen atoms in total. The molecule has 1 fully saturated rings. The van der Waals surface area contributed by atoms with Gasteiger partial charge in [-0.2, -0.15) is 0 Å². The van der Waals surface area contributed by atoms with Gasteiger partial charge in [-0.1, -0.05) is 41.7 Å². The molecule has 3 rings (SSSR count). The van der Waals surface area contributed by atoms with Crippen LogP contribution in [0.4, 0.5) is 0 Å². The first-order valence-electron chi connectivity index (χ1n) is 7.05. The van der Waals surface area contributed by atoms with E-state index >= 15 is 0 Å². The van der Waals surface area contributed by atoms with E-state index in [4.69, 9.17) is 5.11 Å². The SMILES string of the molecule is Cc1ccc(C#Cc2ccc([C@H]3C[C@@H]3C(=O)O)cc2)cc1. The third kappa shape index (κ3) is 3.14. The van der Waals surface area contributed by atoms with Gasteiger partial charge in [-0.3, -0.25) is 4.79 Å². The molecule has 0 heterocycles. The minimum Gasteiger partial charge on any atom is -0.481 e. The fourth-order valence-corrected chi connectivity index (χ4v) is 2.43. The van der Waals surface area contributed by atoms with Crippen LogP contribution >= 0.6 is 0 Å². The van der Waals surface area contributed by atoms with Crippen molar-refractivity contribution in [1.29, 1.82) is 0 Å². The molecule has 2 aromatic rings. The van der Waals surface area contributed by atoms with Gasteiger partial charge >= 0.3 is 5.97 Å². The fraction of sp³-hybridized carbons (Fsp3) is 0.211. The predicted molar refractivity (Wildman–Crippen MR) is 82.1 cm³/mol. The summed E-state index contributed by atoms with van der Waals surface area (Å²) in [5, 5.41) is 8.95. The van der Waals surface area contributed by atoms with E-state index < -0.39 is 5.97 Å². The lowest BCUT2D eigenvalue weighted by molar-refractivity contribution is -0.138. The third-order valence-electron chi connectivity index (χ3n) is 3.85. The molecule has 0 unspecified atom stereocenters. The molecular weight excluding hydrogens is 260 g/mol. The van der Waals surface area contributed by atoms with Crippen molar-refractivity contribution in [3.05, 3.63) is 70.8 Å². The van der Waals surface area contributed by atoms with E-state index in [-0.39, 0.29) is 11.8 Å². The summed E-state index contributed by atoms with van der Waals surface area (Å²) >= 11 is 0. The van der Waals surface area contributed by atoms with Crippen LogP contribution in [-0.4, -0.2) is 11.1 Å². The van der Waals surface area contributed by atoms with Crippen LogP contribution in [0.25, 0.3) is 0 Å². The summed E-state index contributed by atoms with van der Waals surface area (Å²) in [4.78, 5) is 10.9. The molecule has 0 bridgehead atoms. The zero-order valence-corrected chi connectivity index (χ0v) is 11.8. The van der Waals surface area contributed by atoms with Gasteiger partial charge in [0, 0.05) is 11.1 Å². The minimum absolute atomic E-state index is 0.182. The van der Waals surface area contributed by atoms with Gasteiger partial charge in [0.15, 0.2) is 0 Å². The van der Waals surface area contributed by atoms with Crippen molar-refractivity contribution in [3.63, 3.8) is 0 Å². The van der Waals surface area contributed by atoms with Gasteiger partial charge in [-0.15, -0.1) is 0 Å². The number of hydrogen-bond acceptors (Lipinski definition) is 1. The Morgan fingerprint density at radius 3 is 2.00 bits per heavy atom. The Balaban J connectivity index is 1.71. The molecular formula is C19H16O2. The van der Waals surface area contributed by atoms with Gasteiger partial charge in [0.1, 0.15) is 0 Å². The number of benzene rings is 2. The van der Waals surface area contributed by atoms with E-state index in [0.717, 1.165) is 23.1 Å². The smallest absolute Gasteiger partial charge is 0.307 e. The van der Waals surface area contributed by atoms with Crippen LogP contribution in [0.15, 0.2) is 48.5 Å². The predicted octanol–water partition coefficient (Wildman–Crippen LogP) is 3.58. The summed E-state index contributed by atoms with van der Waals surface area (Å²) in [5.74, 6) is 5.56. The average molecular weight is 276 g/mol. The van der Waals surface area contributed by atoms with Crippen molar-refractivity contribution < 1.29 is 9.90 Å². The average Bonchev–Trinajstić information content (AvgIpc) is 3.28. The Bertz CT molecular complexity index is 715. The highest BCUT2D eigenvalue weighted by atomic mass is 16.4. The molecule has 2 aromatic carbocycles. The summed E-state index contributed by atoms with van der Waals surface area (Å²) in [6.07, 6.45) is 0.754. The maximum absolute atomic E-state index is 10.9. The molecule has 0 amide bonds. The highest BCUT2D eigenvalue weighted by Gasteiger charge is 2.43. The lowest BCUT2D eigenvalue weighted by atomic mass is 10.1. The minimum atomic E-state index is -0.691. The second-order valence-corrected chi connectivity index (χ2v) is 5.52. The number of aryl methyl sites for hydroxylation is 1. The number of rotatable bonds is 2. The highest BCUT2D eigenvalue weighted by Crippen LogP contribution is 2.47. The summed E-state index contributed by atoms with van der Waals surface area (Å²) in [5.41, 5.74) is 4.27.